The second-order valence-corrected chi connectivity index (χ2v) is 6.40. The summed E-state index contributed by atoms with van der Waals surface area (Å²) in [6, 6.07) is 16.6. The molecule has 25 heavy (non-hydrogen) atoms. The summed E-state index contributed by atoms with van der Waals surface area (Å²) in [4.78, 5) is 25.1. The number of aliphatic carboxylic acids is 1. The maximum atomic E-state index is 12.5. The van der Waals surface area contributed by atoms with Gasteiger partial charge in [-0.15, -0.1) is 0 Å². The van der Waals surface area contributed by atoms with Crippen molar-refractivity contribution in [2.45, 2.75) is 31.3 Å². The number of nitrogens with two attached hydrogens (primary N) is 1. The molecule has 0 aromatic heterocycles. The molecular formula is C20H22N2O3. The van der Waals surface area contributed by atoms with Gasteiger partial charge in [-0.3, -0.25) is 4.79 Å². The zero-order valence-electron chi connectivity index (χ0n) is 14.0. The lowest BCUT2D eigenvalue weighted by atomic mass is 10.0. The van der Waals surface area contributed by atoms with Crippen LogP contribution < -0.4 is 5.73 Å². The van der Waals surface area contributed by atoms with Gasteiger partial charge in [-0.25, -0.2) is 4.79 Å². The molecule has 2 aromatic rings. The molecule has 2 atom stereocenters. The van der Waals surface area contributed by atoms with Gasteiger partial charge in [0.15, 0.2) is 0 Å². The standard InChI is InChI=1S/C20H22N2O3/c21-17(19(23)22-12-4-7-18(22)20(24)25)13-14-8-10-16(11-9-14)15-5-2-1-3-6-15/h1-3,5-6,8-11,17-18H,4,7,12-13,21H2,(H,24,25)/t17-,18?/m0/s1. The van der Waals surface area contributed by atoms with Gasteiger partial charge in [-0.1, -0.05) is 54.6 Å². The summed E-state index contributed by atoms with van der Waals surface area (Å²) < 4.78 is 0. The number of rotatable bonds is 5. The van der Waals surface area contributed by atoms with Crippen LogP contribution in [0, 0.1) is 0 Å². The zero-order chi connectivity index (χ0) is 17.8. The lowest BCUT2D eigenvalue weighted by Crippen LogP contribution is -2.49. The highest BCUT2D eigenvalue weighted by Gasteiger charge is 2.35. The molecule has 1 aliphatic rings. The number of hydrogen-bond donors (Lipinski definition) is 2. The van der Waals surface area contributed by atoms with Crippen LogP contribution in [0.2, 0.25) is 0 Å². The molecule has 0 aliphatic carbocycles. The molecule has 130 valence electrons. The minimum absolute atomic E-state index is 0.281. The lowest BCUT2D eigenvalue weighted by Gasteiger charge is -2.24. The Kier molecular flexibility index (Phi) is 5.14. The number of carbonyl (C=O) groups is 2. The van der Waals surface area contributed by atoms with Crippen LogP contribution in [0.4, 0.5) is 0 Å². The van der Waals surface area contributed by atoms with Crippen molar-refractivity contribution in [2.75, 3.05) is 6.54 Å². The van der Waals surface area contributed by atoms with Gasteiger partial charge in [0.1, 0.15) is 6.04 Å². The monoisotopic (exact) mass is 338 g/mol. The van der Waals surface area contributed by atoms with Gasteiger partial charge < -0.3 is 15.7 Å². The van der Waals surface area contributed by atoms with Crippen LogP contribution in [0.3, 0.4) is 0 Å². The number of benzene rings is 2. The van der Waals surface area contributed by atoms with Gasteiger partial charge >= 0.3 is 5.97 Å². The molecule has 5 heteroatoms. The molecule has 3 N–H and O–H groups in total. The van der Waals surface area contributed by atoms with E-state index in [2.05, 4.69) is 0 Å². The Balaban J connectivity index is 1.65. The Morgan fingerprint density at radius 3 is 2.36 bits per heavy atom. The Morgan fingerprint density at radius 2 is 1.72 bits per heavy atom. The molecule has 3 rings (SSSR count). The molecule has 5 nitrogen and oxygen atoms in total. The fourth-order valence-corrected chi connectivity index (χ4v) is 3.31. The highest BCUT2D eigenvalue weighted by molar-refractivity contribution is 5.87. The fourth-order valence-electron chi connectivity index (χ4n) is 3.31. The third kappa shape index (κ3) is 3.88. The number of hydrogen-bond acceptors (Lipinski definition) is 3. The third-order valence-corrected chi connectivity index (χ3v) is 4.65. The van der Waals surface area contributed by atoms with Crippen LogP contribution in [0.5, 0.6) is 0 Å². The van der Waals surface area contributed by atoms with Crippen LogP contribution in [0.25, 0.3) is 11.1 Å². The van der Waals surface area contributed by atoms with Gasteiger partial charge in [0.05, 0.1) is 6.04 Å². The second kappa shape index (κ2) is 7.49. The van der Waals surface area contributed by atoms with Gasteiger partial charge in [-0.2, -0.15) is 0 Å². The number of nitrogens with zero attached hydrogens (tertiary/aromatic N) is 1. The van der Waals surface area contributed by atoms with Gasteiger partial charge in [0.25, 0.3) is 0 Å². The predicted octanol–water partition coefficient (Wildman–Crippen LogP) is 2.30. The van der Waals surface area contributed by atoms with E-state index < -0.39 is 18.1 Å². The first kappa shape index (κ1) is 17.2. The van der Waals surface area contributed by atoms with E-state index in [-0.39, 0.29) is 5.91 Å². The maximum Gasteiger partial charge on any atom is 0.326 e. The number of amides is 1. The van der Waals surface area contributed by atoms with Crippen molar-refractivity contribution in [1.82, 2.24) is 4.90 Å². The Morgan fingerprint density at radius 1 is 1.08 bits per heavy atom. The summed E-state index contributed by atoms with van der Waals surface area (Å²) >= 11 is 0. The normalized spacial score (nSPS) is 18.1. The topological polar surface area (TPSA) is 83.6 Å². The molecule has 0 bridgehead atoms. The van der Waals surface area contributed by atoms with E-state index in [9.17, 15) is 14.7 Å². The molecule has 0 saturated carbocycles. The first-order valence-electron chi connectivity index (χ1n) is 8.49. The SMILES string of the molecule is N[C@@H](Cc1ccc(-c2ccccc2)cc1)C(=O)N1CCCC1C(=O)O. The van der Waals surface area contributed by atoms with Crippen LogP contribution >= 0.6 is 0 Å². The summed E-state index contributed by atoms with van der Waals surface area (Å²) in [6.07, 6.45) is 1.61. The minimum Gasteiger partial charge on any atom is -0.480 e. The van der Waals surface area contributed by atoms with Crippen molar-refractivity contribution in [1.29, 1.82) is 0 Å². The van der Waals surface area contributed by atoms with Crippen molar-refractivity contribution >= 4 is 11.9 Å². The van der Waals surface area contributed by atoms with Gasteiger partial charge in [0.2, 0.25) is 5.91 Å². The van der Waals surface area contributed by atoms with Crippen molar-refractivity contribution in [3.05, 3.63) is 60.2 Å². The van der Waals surface area contributed by atoms with Crippen molar-refractivity contribution in [3.8, 4) is 11.1 Å². The molecule has 1 aliphatic heterocycles. The van der Waals surface area contributed by atoms with Crippen LogP contribution in [-0.4, -0.2) is 40.5 Å². The zero-order valence-corrected chi connectivity index (χ0v) is 14.0. The predicted molar refractivity (Wildman–Crippen MR) is 95.9 cm³/mol. The molecule has 1 amide bonds. The molecule has 0 spiro atoms. The van der Waals surface area contributed by atoms with Crippen molar-refractivity contribution < 1.29 is 14.7 Å². The summed E-state index contributed by atoms with van der Waals surface area (Å²) in [5.74, 6) is -1.23. The highest BCUT2D eigenvalue weighted by atomic mass is 16.4. The molecule has 2 aromatic carbocycles. The second-order valence-electron chi connectivity index (χ2n) is 6.40. The highest BCUT2D eigenvalue weighted by Crippen LogP contribution is 2.21. The Hall–Kier alpha value is -2.66. The maximum absolute atomic E-state index is 12.5. The first-order chi connectivity index (χ1) is 12.1. The summed E-state index contributed by atoms with van der Waals surface area (Å²) in [5, 5.41) is 9.21. The van der Waals surface area contributed by atoms with E-state index in [0.29, 0.717) is 25.8 Å². The average Bonchev–Trinajstić information content (AvgIpc) is 3.12. The number of likely N-dealkylation sites (tertiary alicyclic amines) is 1. The number of carboxylic acids is 1. The van der Waals surface area contributed by atoms with Crippen molar-refractivity contribution in [3.63, 3.8) is 0 Å². The molecule has 1 fully saturated rings. The largest absolute Gasteiger partial charge is 0.480 e. The number of carbonyl (C=O) groups excluding carboxylic acids is 1. The van der Waals surface area contributed by atoms with Crippen LogP contribution in [0.1, 0.15) is 18.4 Å². The molecule has 1 heterocycles. The van der Waals surface area contributed by atoms with E-state index in [4.69, 9.17) is 5.73 Å². The van der Waals surface area contributed by atoms with Crippen molar-refractivity contribution in [2.24, 2.45) is 5.73 Å². The van der Waals surface area contributed by atoms with E-state index in [1.165, 1.54) is 4.90 Å². The average molecular weight is 338 g/mol. The fraction of sp³-hybridized carbons (Fsp3) is 0.300. The molecule has 1 saturated heterocycles. The van der Waals surface area contributed by atoms with E-state index in [1.54, 1.807) is 0 Å². The van der Waals surface area contributed by atoms with Crippen LogP contribution in [-0.2, 0) is 16.0 Å². The quantitative estimate of drug-likeness (QED) is 0.876. The van der Waals surface area contributed by atoms with Crippen LogP contribution in [0.15, 0.2) is 54.6 Å². The van der Waals surface area contributed by atoms with Gasteiger partial charge in [0, 0.05) is 6.54 Å². The minimum atomic E-state index is -0.953. The molecular weight excluding hydrogens is 316 g/mol. The Bertz CT molecular complexity index is 743. The first-order valence-corrected chi connectivity index (χ1v) is 8.49. The number of carboxylic acid groups (broad SMARTS) is 1. The summed E-state index contributed by atoms with van der Waals surface area (Å²) in [5.41, 5.74) is 9.26. The third-order valence-electron chi connectivity index (χ3n) is 4.65. The van der Waals surface area contributed by atoms with E-state index >= 15 is 0 Å². The van der Waals surface area contributed by atoms with E-state index in [0.717, 1.165) is 16.7 Å². The Labute approximate surface area is 147 Å². The smallest absolute Gasteiger partial charge is 0.326 e. The summed E-state index contributed by atoms with van der Waals surface area (Å²) in [6.45, 7) is 0.469. The van der Waals surface area contributed by atoms with E-state index in [1.807, 2.05) is 54.6 Å². The lowest BCUT2D eigenvalue weighted by molar-refractivity contribution is -0.148. The summed E-state index contributed by atoms with van der Waals surface area (Å²) in [7, 11) is 0. The molecule has 1 unspecified atom stereocenters. The van der Waals surface area contributed by atoms with Gasteiger partial charge in [-0.05, 0) is 36.0 Å². The molecule has 0 radical (unpaired) electrons.